The van der Waals surface area contributed by atoms with Crippen molar-refractivity contribution >= 4 is 21.6 Å². The van der Waals surface area contributed by atoms with E-state index in [0.29, 0.717) is 5.56 Å². The van der Waals surface area contributed by atoms with Gasteiger partial charge in [0.25, 0.3) is 0 Å². The van der Waals surface area contributed by atoms with E-state index in [-0.39, 0.29) is 5.75 Å². The minimum absolute atomic E-state index is 0.204. The lowest BCUT2D eigenvalue weighted by molar-refractivity contribution is 0.468. The van der Waals surface area contributed by atoms with Crippen molar-refractivity contribution in [3.05, 3.63) is 58.3 Å². The number of phenolic OH excluding ortho intramolecular Hbond substituents is 1. The number of nitrogens with zero attached hydrogens (tertiary/aromatic N) is 1. The first kappa shape index (κ1) is 13.4. The van der Waals surface area contributed by atoms with Crippen LogP contribution in [0.2, 0.25) is 0 Å². The number of phenols is 1. The van der Waals surface area contributed by atoms with E-state index < -0.39 is 11.9 Å². The number of halogens is 2. The molecule has 96 valence electrons. The predicted molar refractivity (Wildman–Crippen MR) is 74.2 cm³/mol. The molecule has 2 aromatic carbocycles. The molecule has 1 unspecified atom stereocenters. The zero-order valence-corrected chi connectivity index (χ0v) is 11.4. The molecule has 0 saturated carbocycles. The van der Waals surface area contributed by atoms with Gasteiger partial charge in [0, 0.05) is 16.2 Å². The lowest BCUT2D eigenvalue weighted by atomic mass is 10.1. The molecule has 0 bridgehead atoms. The first-order valence-corrected chi connectivity index (χ1v) is 6.29. The standard InChI is InChI=1S/C14H10BrFN2O/c15-12-3-1-2-4-13(12)18-14(8-17)9-5-10(16)7-11(19)6-9/h1-7,14,18-19H. The second kappa shape index (κ2) is 5.72. The molecule has 5 heteroatoms. The first-order valence-electron chi connectivity index (χ1n) is 5.50. The second-order valence-electron chi connectivity index (χ2n) is 3.93. The summed E-state index contributed by atoms with van der Waals surface area (Å²) in [5, 5.41) is 21.5. The van der Waals surface area contributed by atoms with Crippen LogP contribution in [-0.4, -0.2) is 5.11 Å². The molecule has 3 nitrogen and oxygen atoms in total. The Bertz CT molecular complexity index is 619. The monoisotopic (exact) mass is 320 g/mol. The maximum atomic E-state index is 13.2. The number of nitrogens with one attached hydrogen (secondary N) is 1. The van der Waals surface area contributed by atoms with Crippen LogP contribution in [0.4, 0.5) is 10.1 Å². The van der Waals surface area contributed by atoms with Gasteiger partial charge in [0.1, 0.15) is 17.6 Å². The summed E-state index contributed by atoms with van der Waals surface area (Å²) in [5.74, 6) is -0.784. The van der Waals surface area contributed by atoms with Gasteiger partial charge in [-0.25, -0.2) is 4.39 Å². The van der Waals surface area contributed by atoms with Gasteiger partial charge < -0.3 is 10.4 Å². The number of para-hydroxylation sites is 1. The first-order chi connectivity index (χ1) is 9.10. The Hall–Kier alpha value is -2.06. The minimum Gasteiger partial charge on any atom is -0.508 e. The van der Waals surface area contributed by atoms with Gasteiger partial charge >= 0.3 is 0 Å². The van der Waals surface area contributed by atoms with Gasteiger partial charge in [-0.1, -0.05) is 12.1 Å². The molecule has 0 aromatic heterocycles. The molecule has 0 fully saturated rings. The predicted octanol–water partition coefficient (Wildman–Crippen LogP) is 3.97. The molecule has 2 aromatic rings. The second-order valence-corrected chi connectivity index (χ2v) is 4.78. The molecule has 0 aliphatic rings. The normalized spacial score (nSPS) is 11.6. The lowest BCUT2D eigenvalue weighted by Gasteiger charge is -2.15. The summed E-state index contributed by atoms with van der Waals surface area (Å²) in [6.45, 7) is 0. The molecule has 0 heterocycles. The van der Waals surface area contributed by atoms with Gasteiger partial charge in [0.05, 0.1) is 6.07 Å². The highest BCUT2D eigenvalue weighted by Crippen LogP contribution is 2.27. The number of aromatic hydroxyl groups is 1. The average molecular weight is 321 g/mol. The molecule has 2 N–H and O–H groups in total. The Morgan fingerprint density at radius 2 is 2.00 bits per heavy atom. The van der Waals surface area contributed by atoms with Crippen molar-refractivity contribution in [2.75, 3.05) is 5.32 Å². The Labute approximate surface area is 118 Å². The van der Waals surface area contributed by atoms with E-state index in [1.54, 1.807) is 6.07 Å². The molecule has 0 saturated heterocycles. The summed E-state index contributed by atoms with van der Waals surface area (Å²) >= 11 is 3.36. The van der Waals surface area contributed by atoms with Crippen LogP contribution in [0.3, 0.4) is 0 Å². The molecule has 19 heavy (non-hydrogen) atoms. The van der Waals surface area contributed by atoms with Gasteiger partial charge in [-0.05, 0) is 45.8 Å². The van der Waals surface area contributed by atoms with E-state index in [9.17, 15) is 14.8 Å². The summed E-state index contributed by atoms with van der Waals surface area (Å²) in [6.07, 6.45) is 0. The number of nitriles is 1. The van der Waals surface area contributed by atoms with Gasteiger partial charge in [0.15, 0.2) is 0 Å². The largest absolute Gasteiger partial charge is 0.508 e. The van der Waals surface area contributed by atoms with E-state index in [4.69, 9.17) is 0 Å². The van der Waals surface area contributed by atoms with Crippen LogP contribution >= 0.6 is 15.9 Å². The Balaban J connectivity index is 2.31. The summed E-state index contributed by atoms with van der Waals surface area (Å²) in [5.41, 5.74) is 1.09. The summed E-state index contributed by atoms with van der Waals surface area (Å²) in [4.78, 5) is 0. The van der Waals surface area contributed by atoms with Crippen molar-refractivity contribution in [2.24, 2.45) is 0 Å². The van der Waals surface area contributed by atoms with Gasteiger partial charge in [-0.3, -0.25) is 0 Å². The smallest absolute Gasteiger partial charge is 0.140 e. The third-order valence-corrected chi connectivity index (χ3v) is 3.23. The topological polar surface area (TPSA) is 56.0 Å². The van der Waals surface area contributed by atoms with E-state index in [2.05, 4.69) is 21.2 Å². The van der Waals surface area contributed by atoms with Crippen LogP contribution in [0.1, 0.15) is 11.6 Å². The van der Waals surface area contributed by atoms with Crippen LogP contribution in [-0.2, 0) is 0 Å². The lowest BCUT2D eigenvalue weighted by Crippen LogP contribution is -2.09. The molecule has 0 aliphatic heterocycles. The van der Waals surface area contributed by atoms with Crippen LogP contribution in [0.15, 0.2) is 46.9 Å². The number of hydrogen-bond acceptors (Lipinski definition) is 3. The molecular formula is C14H10BrFN2O. The molecule has 1 atom stereocenters. The van der Waals surface area contributed by atoms with Crippen LogP contribution < -0.4 is 5.32 Å². The number of hydrogen-bond donors (Lipinski definition) is 2. The SMILES string of the molecule is N#CC(Nc1ccccc1Br)c1cc(O)cc(F)c1. The Morgan fingerprint density at radius 1 is 1.26 bits per heavy atom. The van der Waals surface area contributed by atoms with Crippen molar-refractivity contribution in [3.63, 3.8) is 0 Å². The van der Waals surface area contributed by atoms with Crippen molar-refractivity contribution in [2.45, 2.75) is 6.04 Å². The van der Waals surface area contributed by atoms with Crippen LogP contribution in [0.5, 0.6) is 5.75 Å². The maximum absolute atomic E-state index is 13.2. The highest BCUT2D eigenvalue weighted by Gasteiger charge is 2.13. The van der Waals surface area contributed by atoms with E-state index in [0.717, 1.165) is 16.2 Å². The van der Waals surface area contributed by atoms with Crippen molar-refractivity contribution in [1.29, 1.82) is 5.26 Å². The number of rotatable bonds is 3. The third kappa shape index (κ3) is 3.24. The van der Waals surface area contributed by atoms with Gasteiger partial charge in [-0.2, -0.15) is 5.26 Å². The minimum atomic E-state index is -0.750. The van der Waals surface area contributed by atoms with Gasteiger partial charge in [0.2, 0.25) is 0 Å². The molecule has 2 rings (SSSR count). The molecule has 0 amide bonds. The molecule has 0 radical (unpaired) electrons. The average Bonchev–Trinajstić information content (AvgIpc) is 2.36. The zero-order chi connectivity index (χ0) is 13.8. The highest BCUT2D eigenvalue weighted by molar-refractivity contribution is 9.10. The highest BCUT2D eigenvalue weighted by atomic mass is 79.9. The molecule has 0 spiro atoms. The van der Waals surface area contributed by atoms with Crippen molar-refractivity contribution < 1.29 is 9.50 Å². The van der Waals surface area contributed by atoms with E-state index >= 15 is 0 Å². The summed E-state index contributed by atoms with van der Waals surface area (Å²) < 4.78 is 14.0. The summed E-state index contributed by atoms with van der Waals surface area (Å²) in [7, 11) is 0. The molecule has 0 aliphatic carbocycles. The van der Waals surface area contributed by atoms with E-state index in [1.807, 2.05) is 24.3 Å². The fourth-order valence-corrected chi connectivity index (χ4v) is 2.09. The number of anilines is 1. The third-order valence-electron chi connectivity index (χ3n) is 2.54. The zero-order valence-electron chi connectivity index (χ0n) is 9.77. The van der Waals surface area contributed by atoms with E-state index in [1.165, 1.54) is 12.1 Å². The fraction of sp³-hybridized carbons (Fsp3) is 0.0714. The number of benzene rings is 2. The summed E-state index contributed by atoms with van der Waals surface area (Å²) in [6, 6.07) is 12.2. The van der Waals surface area contributed by atoms with Crippen molar-refractivity contribution in [3.8, 4) is 11.8 Å². The molecular weight excluding hydrogens is 311 g/mol. The fourth-order valence-electron chi connectivity index (χ4n) is 1.69. The quantitative estimate of drug-likeness (QED) is 0.899. The Morgan fingerprint density at radius 3 is 2.63 bits per heavy atom. The maximum Gasteiger partial charge on any atom is 0.140 e. The Kier molecular flexibility index (Phi) is 4.03. The van der Waals surface area contributed by atoms with Crippen LogP contribution in [0, 0.1) is 17.1 Å². The van der Waals surface area contributed by atoms with Gasteiger partial charge in [-0.15, -0.1) is 0 Å². The van der Waals surface area contributed by atoms with Crippen molar-refractivity contribution in [1.82, 2.24) is 0 Å². The van der Waals surface area contributed by atoms with Crippen LogP contribution in [0.25, 0.3) is 0 Å².